The van der Waals surface area contributed by atoms with E-state index >= 15 is 0 Å². The normalized spacial score (nSPS) is 12.0. The quantitative estimate of drug-likeness (QED) is 0.612. The molecule has 0 fully saturated rings. The molecule has 1 amide bonds. The summed E-state index contributed by atoms with van der Waals surface area (Å²) in [5.41, 5.74) is 6.15. The molecule has 7 heteroatoms. The molecule has 0 bridgehead atoms. The van der Waals surface area contributed by atoms with Crippen molar-refractivity contribution in [2.75, 3.05) is 6.54 Å². The van der Waals surface area contributed by atoms with E-state index in [0.29, 0.717) is 5.71 Å². The first-order valence-electron chi connectivity index (χ1n) is 7.75. The zero-order valence-electron chi connectivity index (χ0n) is 14.4. The predicted molar refractivity (Wildman–Crippen MR) is 97.9 cm³/mol. The summed E-state index contributed by atoms with van der Waals surface area (Å²) in [7, 11) is -3.72. The first-order valence-corrected chi connectivity index (χ1v) is 9.23. The third-order valence-corrected chi connectivity index (χ3v) is 5.01. The smallest absolute Gasteiger partial charge is 0.255 e. The second kappa shape index (κ2) is 8.04. The summed E-state index contributed by atoms with van der Waals surface area (Å²) in [4.78, 5) is 12.0. The van der Waals surface area contributed by atoms with Gasteiger partial charge in [0.05, 0.1) is 17.2 Å². The lowest BCUT2D eigenvalue weighted by Crippen LogP contribution is -2.35. The Morgan fingerprint density at radius 3 is 2.40 bits per heavy atom. The van der Waals surface area contributed by atoms with E-state index in [0.717, 1.165) is 16.7 Å². The summed E-state index contributed by atoms with van der Waals surface area (Å²) in [6, 6.07) is 13.8. The lowest BCUT2D eigenvalue weighted by Gasteiger charge is -2.08. The van der Waals surface area contributed by atoms with Crippen molar-refractivity contribution in [2.24, 2.45) is 5.10 Å². The zero-order chi connectivity index (χ0) is 18.4. The first kappa shape index (κ1) is 18.8. The first-order chi connectivity index (χ1) is 11.8. The van der Waals surface area contributed by atoms with E-state index in [-0.39, 0.29) is 11.4 Å². The van der Waals surface area contributed by atoms with Gasteiger partial charge < -0.3 is 0 Å². The summed E-state index contributed by atoms with van der Waals surface area (Å²) in [5.74, 6) is -0.538. The lowest BCUT2D eigenvalue weighted by atomic mass is 10.0. The number of hydrogen-bond acceptors (Lipinski definition) is 4. The molecule has 132 valence electrons. The van der Waals surface area contributed by atoms with Crippen molar-refractivity contribution in [1.29, 1.82) is 0 Å². The number of amides is 1. The Morgan fingerprint density at radius 1 is 1.08 bits per heavy atom. The van der Waals surface area contributed by atoms with Crippen LogP contribution in [-0.2, 0) is 14.8 Å². The number of nitrogens with one attached hydrogen (secondary N) is 2. The molecule has 0 aliphatic carbocycles. The number of sulfonamides is 1. The fourth-order valence-corrected chi connectivity index (χ4v) is 3.31. The van der Waals surface area contributed by atoms with E-state index in [2.05, 4.69) is 15.2 Å². The topological polar surface area (TPSA) is 87.6 Å². The van der Waals surface area contributed by atoms with E-state index in [9.17, 15) is 13.2 Å². The van der Waals surface area contributed by atoms with Crippen molar-refractivity contribution in [2.45, 2.75) is 25.7 Å². The average Bonchev–Trinajstić information content (AvgIpc) is 2.58. The Bertz CT molecular complexity index is 891. The van der Waals surface area contributed by atoms with Crippen LogP contribution in [0.15, 0.2) is 58.5 Å². The van der Waals surface area contributed by atoms with Crippen LogP contribution in [0.3, 0.4) is 0 Å². The highest BCUT2D eigenvalue weighted by Crippen LogP contribution is 2.11. The van der Waals surface area contributed by atoms with Crippen molar-refractivity contribution in [3.63, 3.8) is 0 Å². The second-order valence-electron chi connectivity index (χ2n) is 5.69. The Labute approximate surface area is 148 Å². The van der Waals surface area contributed by atoms with Crippen LogP contribution in [0.1, 0.15) is 23.6 Å². The molecule has 6 nitrogen and oxygen atoms in total. The molecule has 0 aromatic heterocycles. The van der Waals surface area contributed by atoms with E-state index in [1.165, 1.54) is 12.1 Å². The average molecular weight is 359 g/mol. The van der Waals surface area contributed by atoms with Gasteiger partial charge in [-0.15, -0.1) is 0 Å². The van der Waals surface area contributed by atoms with Gasteiger partial charge in [-0.1, -0.05) is 42.0 Å². The van der Waals surface area contributed by atoms with Gasteiger partial charge in [0.25, 0.3) is 5.91 Å². The number of hydrazone groups is 1. The molecule has 0 unspecified atom stereocenters. The summed E-state index contributed by atoms with van der Waals surface area (Å²) >= 11 is 0. The predicted octanol–water partition coefficient (Wildman–Crippen LogP) is 2.12. The highest BCUT2D eigenvalue weighted by molar-refractivity contribution is 7.89. The Kier molecular flexibility index (Phi) is 6.06. The highest BCUT2D eigenvalue weighted by atomic mass is 32.2. The van der Waals surface area contributed by atoms with Gasteiger partial charge in [0.1, 0.15) is 0 Å². The largest absolute Gasteiger partial charge is 0.272 e. The van der Waals surface area contributed by atoms with E-state index in [1.807, 2.05) is 32.0 Å². The van der Waals surface area contributed by atoms with Crippen molar-refractivity contribution in [1.82, 2.24) is 10.1 Å². The Hall–Kier alpha value is -2.51. The van der Waals surface area contributed by atoms with Crippen LogP contribution in [0.4, 0.5) is 0 Å². The van der Waals surface area contributed by atoms with Gasteiger partial charge >= 0.3 is 0 Å². The molecule has 0 aliphatic rings. The molecular formula is C18H21N3O3S. The number of rotatable bonds is 6. The van der Waals surface area contributed by atoms with Crippen molar-refractivity contribution in [3.8, 4) is 0 Å². The molecule has 0 radical (unpaired) electrons. The second-order valence-corrected chi connectivity index (χ2v) is 7.46. The minimum Gasteiger partial charge on any atom is -0.272 e. The molecular weight excluding hydrogens is 338 g/mol. The number of carbonyl (C=O) groups is 1. The fraction of sp³-hybridized carbons (Fsp3) is 0.222. The van der Waals surface area contributed by atoms with Gasteiger partial charge in [0.15, 0.2) is 0 Å². The molecule has 0 saturated heterocycles. The summed E-state index contributed by atoms with van der Waals surface area (Å²) in [5, 5.41) is 4.04. The minimum absolute atomic E-state index is 0.109. The van der Waals surface area contributed by atoms with Crippen LogP contribution in [0, 0.1) is 13.8 Å². The lowest BCUT2D eigenvalue weighted by molar-refractivity contribution is -0.119. The molecule has 2 N–H and O–H groups in total. The number of hydrogen-bond donors (Lipinski definition) is 2. The summed E-state index contributed by atoms with van der Waals surface area (Å²) in [6.07, 6.45) is 0. The highest BCUT2D eigenvalue weighted by Gasteiger charge is 2.14. The van der Waals surface area contributed by atoms with Crippen molar-refractivity contribution in [3.05, 3.63) is 65.2 Å². The fourth-order valence-electron chi connectivity index (χ4n) is 2.31. The van der Waals surface area contributed by atoms with Crippen molar-refractivity contribution < 1.29 is 13.2 Å². The van der Waals surface area contributed by atoms with Crippen molar-refractivity contribution >= 4 is 21.6 Å². The van der Waals surface area contributed by atoms with Gasteiger partial charge in [0, 0.05) is 5.56 Å². The molecule has 0 atom stereocenters. The van der Waals surface area contributed by atoms with Gasteiger partial charge in [-0.2, -0.15) is 5.10 Å². The number of benzene rings is 2. The van der Waals surface area contributed by atoms with Crippen LogP contribution < -0.4 is 10.1 Å². The molecule has 2 aromatic rings. The maximum absolute atomic E-state index is 12.0. The maximum Gasteiger partial charge on any atom is 0.255 e. The third kappa shape index (κ3) is 5.23. The van der Waals surface area contributed by atoms with E-state index in [1.54, 1.807) is 25.1 Å². The van der Waals surface area contributed by atoms with Gasteiger partial charge in [0.2, 0.25) is 10.0 Å². The SMILES string of the molecule is C/C(=N/NC(=O)CNS(=O)(=O)c1ccccc1)c1ccc(C)cc1C. The third-order valence-electron chi connectivity index (χ3n) is 3.60. The van der Waals surface area contributed by atoms with Gasteiger partial charge in [-0.25, -0.2) is 18.6 Å². The summed E-state index contributed by atoms with van der Waals surface area (Å²) in [6.45, 7) is 5.37. The van der Waals surface area contributed by atoms with Gasteiger partial charge in [-0.3, -0.25) is 4.79 Å². The van der Waals surface area contributed by atoms with Crippen LogP contribution >= 0.6 is 0 Å². The van der Waals surface area contributed by atoms with E-state index < -0.39 is 15.9 Å². The Morgan fingerprint density at radius 2 is 1.76 bits per heavy atom. The molecule has 0 saturated carbocycles. The van der Waals surface area contributed by atoms with Crippen LogP contribution in [0.2, 0.25) is 0 Å². The monoisotopic (exact) mass is 359 g/mol. The molecule has 25 heavy (non-hydrogen) atoms. The molecule has 2 rings (SSSR count). The van der Waals surface area contributed by atoms with E-state index in [4.69, 9.17) is 0 Å². The molecule has 2 aromatic carbocycles. The van der Waals surface area contributed by atoms with Crippen LogP contribution in [0.25, 0.3) is 0 Å². The number of carbonyl (C=O) groups excluding carboxylic acids is 1. The molecule has 0 heterocycles. The van der Waals surface area contributed by atoms with Crippen LogP contribution in [-0.4, -0.2) is 26.6 Å². The maximum atomic E-state index is 12.0. The Balaban J connectivity index is 1.96. The standard InChI is InChI=1S/C18H21N3O3S/c1-13-9-10-17(14(2)11-13)15(3)20-21-18(22)12-19-25(23,24)16-7-5-4-6-8-16/h4-11,19H,12H2,1-3H3,(H,21,22)/b20-15-. The van der Waals surface area contributed by atoms with Gasteiger partial charge in [-0.05, 0) is 38.5 Å². The molecule has 0 aliphatic heterocycles. The summed E-state index contributed by atoms with van der Waals surface area (Å²) < 4.78 is 26.3. The zero-order valence-corrected chi connectivity index (χ0v) is 15.2. The number of aryl methyl sites for hydroxylation is 2. The number of nitrogens with zero attached hydrogens (tertiary/aromatic N) is 1. The molecule has 0 spiro atoms. The van der Waals surface area contributed by atoms with Crippen LogP contribution in [0.5, 0.6) is 0 Å². The minimum atomic E-state index is -3.72.